The molecule has 2 aliphatic heterocycles. The zero-order valence-corrected chi connectivity index (χ0v) is 19.3. The third kappa shape index (κ3) is 4.85. The molecule has 0 saturated carbocycles. The van der Waals surface area contributed by atoms with Gasteiger partial charge in [-0.1, -0.05) is 5.16 Å². The largest absolute Gasteiger partial charge is 0.459 e. The van der Waals surface area contributed by atoms with Crippen LogP contribution in [0.3, 0.4) is 0 Å². The van der Waals surface area contributed by atoms with Crippen molar-refractivity contribution in [2.24, 2.45) is 0 Å². The van der Waals surface area contributed by atoms with Gasteiger partial charge in [0.1, 0.15) is 11.5 Å². The van der Waals surface area contributed by atoms with Gasteiger partial charge in [0.2, 0.25) is 5.88 Å². The van der Waals surface area contributed by atoms with E-state index in [1.807, 2.05) is 0 Å². The van der Waals surface area contributed by atoms with Crippen molar-refractivity contribution < 1.29 is 22.9 Å². The first kappa shape index (κ1) is 22.6. The molecule has 0 aliphatic carbocycles. The predicted molar refractivity (Wildman–Crippen MR) is 124 cm³/mol. The Kier molecular flexibility index (Phi) is 6.64. The van der Waals surface area contributed by atoms with Crippen molar-refractivity contribution in [1.29, 1.82) is 0 Å². The summed E-state index contributed by atoms with van der Waals surface area (Å²) in [6.45, 7) is 4.80. The first-order chi connectivity index (χ1) is 16.6. The van der Waals surface area contributed by atoms with Gasteiger partial charge in [-0.25, -0.2) is 4.39 Å². The molecule has 1 atom stereocenters. The van der Waals surface area contributed by atoms with Gasteiger partial charge in [-0.15, -0.1) is 0 Å². The summed E-state index contributed by atoms with van der Waals surface area (Å²) in [4.78, 5) is 19.6. The van der Waals surface area contributed by atoms with Crippen LogP contribution in [0.25, 0.3) is 11.3 Å². The Labute approximate surface area is 197 Å². The summed E-state index contributed by atoms with van der Waals surface area (Å²) < 4.78 is 30.7. The number of hydrogen-bond acceptors (Lipinski definition) is 7. The highest BCUT2D eigenvalue weighted by Gasteiger charge is 2.31. The molecule has 4 heterocycles. The molecule has 5 rings (SSSR count). The van der Waals surface area contributed by atoms with E-state index in [-0.39, 0.29) is 30.1 Å². The average molecular weight is 469 g/mol. The average Bonchev–Trinajstić information content (AvgIpc) is 3.62. The van der Waals surface area contributed by atoms with Gasteiger partial charge >= 0.3 is 0 Å². The molecule has 0 radical (unpaired) electrons. The number of furan rings is 1. The van der Waals surface area contributed by atoms with Gasteiger partial charge in [0.05, 0.1) is 24.5 Å². The number of anilines is 1. The minimum atomic E-state index is -0.318. The Balaban J connectivity index is 1.50. The first-order valence-electron chi connectivity index (χ1n) is 11.7. The number of aromatic nitrogens is 1. The van der Waals surface area contributed by atoms with Crippen LogP contribution in [0.15, 0.2) is 51.6 Å². The minimum Gasteiger partial charge on any atom is -0.459 e. The van der Waals surface area contributed by atoms with Crippen LogP contribution in [0.5, 0.6) is 0 Å². The van der Waals surface area contributed by atoms with Crippen molar-refractivity contribution in [3.8, 4) is 11.3 Å². The van der Waals surface area contributed by atoms with Crippen LogP contribution in [-0.2, 0) is 11.3 Å². The monoisotopic (exact) mass is 468 g/mol. The number of carbonyl (C=O) groups excluding carboxylic acids is 1. The second-order valence-corrected chi connectivity index (χ2v) is 8.91. The molecule has 0 bridgehead atoms. The van der Waals surface area contributed by atoms with Crippen LogP contribution in [0.1, 0.15) is 29.0 Å². The fourth-order valence-electron chi connectivity index (χ4n) is 4.54. The molecule has 34 heavy (non-hydrogen) atoms. The molecule has 3 aromatic rings. The molecule has 1 aromatic carbocycles. The van der Waals surface area contributed by atoms with Crippen LogP contribution in [0, 0.1) is 5.82 Å². The Hall–Kier alpha value is -3.17. The van der Waals surface area contributed by atoms with Gasteiger partial charge in [0.15, 0.2) is 5.76 Å². The first-order valence-corrected chi connectivity index (χ1v) is 11.7. The lowest BCUT2D eigenvalue weighted by Gasteiger charge is -2.33. The van der Waals surface area contributed by atoms with Gasteiger partial charge < -0.3 is 28.4 Å². The normalized spacial score (nSPS) is 19.0. The lowest BCUT2D eigenvalue weighted by atomic mass is 10.1. The fraction of sp³-hybridized carbons (Fsp3) is 0.440. The quantitative estimate of drug-likeness (QED) is 0.524. The number of ether oxygens (including phenoxy) is 1. The summed E-state index contributed by atoms with van der Waals surface area (Å²) in [6.07, 6.45) is 3.35. The number of carbonyl (C=O) groups is 1. The third-order valence-corrected chi connectivity index (χ3v) is 6.49. The van der Waals surface area contributed by atoms with Crippen LogP contribution in [0.2, 0.25) is 0 Å². The number of likely N-dealkylation sites (N-methyl/N-ethyl adjacent to an activating group) is 1. The van der Waals surface area contributed by atoms with E-state index in [2.05, 4.69) is 22.0 Å². The molecule has 9 heteroatoms. The highest BCUT2D eigenvalue weighted by molar-refractivity contribution is 5.91. The van der Waals surface area contributed by atoms with Crippen molar-refractivity contribution >= 4 is 11.8 Å². The highest BCUT2D eigenvalue weighted by atomic mass is 19.1. The topological polar surface area (TPSA) is 75.2 Å². The molecule has 1 unspecified atom stereocenters. The molecular weight excluding hydrogens is 439 g/mol. The molecule has 180 valence electrons. The second-order valence-electron chi connectivity index (χ2n) is 8.91. The molecule has 0 N–H and O–H groups in total. The van der Waals surface area contributed by atoms with E-state index >= 15 is 0 Å². The predicted octanol–water partition coefficient (Wildman–Crippen LogP) is 3.65. The number of halogens is 1. The van der Waals surface area contributed by atoms with Gasteiger partial charge in [-0.3, -0.25) is 4.79 Å². The second kappa shape index (κ2) is 9.99. The maximum atomic E-state index is 13.6. The van der Waals surface area contributed by atoms with Crippen molar-refractivity contribution in [2.75, 3.05) is 51.3 Å². The van der Waals surface area contributed by atoms with Crippen molar-refractivity contribution in [3.05, 3.63) is 59.8 Å². The van der Waals surface area contributed by atoms with Crippen LogP contribution < -0.4 is 4.90 Å². The highest BCUT2D eigenvalue weighted by Crippen LogP contribution is 2.34. The summed E-state index contributed by atoms with van der Waals surface area (Å²) in [7, 11) is 2.09. The van der Waals surface area contributed by atoms with Gasteiger partial charge in [-0.05, 0) is 56.3 Å². The molecule has 2 saturated heterocycles. The van der Waals surface area contributed by atoms with E-state index in [4.69, 9.17) is 13.7 Å². The number of rotatable bonds is 7. The van der Waals surface area contributed by atoms with Gasteiger partial charge in [0, 0.05) is 44.9 Å². The van der Waals surface area contributed by atoms with Crippen molar-refractivity contribution in [1.82, 2.24) is 15.0 Å². The Bertz CT molecular complexity index is 1080. The fourth-order valence-corrected chi connectivity index (χ4v) is 4.54. The number of hydrogen-bond donors (Lipinski definition) is 0. The van der Waals surface area contributed by atoms with Crippen LogP contribution in [-0.4, -0.2) is 73.3 Å². The lowest BCUT2D eigenvalue weighted by molar-refractivity contribution is 0.0484. The molecule has 2 aliphatic rings. The summed E-state index contributed by atoms with van der Waals surface area (Å²) >= 11 is 0. The SMILES string of the molecule is CN1CCN(c2onc(-c3ccc(F)cc3)c2CN(CC2CCCO2)C(=O)c2ccco2)CC1. The Morgan fingerprint density at radius 1 is 1.18 bits per heavy atom. The van der Waals surface area contributed by atoms with Crippen LogP contribution in [0.4, 0.5) is 10.3 Å². The summed E-state index contributed by atoms with van der Waals surface area (Å²) in [5.41, 5.74) is 2.15. The molecule has 2 aromatic heterocycles. The third-order valence-electron chi connectivity index (χ3n) is 6.49. The van der Waals surface area contributed by atoms with E-state index in [0.29, 0.717) is 24.7 Å². The number of nitrogens with zero attached hydrogens (tertiary/aromatic N) is 4. The summed E-state index contributed by atoms with van der Waals surface area (Å²) in [6, 6.07) is 9.55. The molecule has 0 spiro atoms. The smallest absolute Gasteiger partial charge is 0.289 e. The molecule has 1 amide bonds. The standard InChI is InChI=1S/C25H29FN4O4/c1-28-10-12-29(13-11-28)25-21(23(27-34-25)18-6-8-19(26)9-7-18)17-30(16-20-4-2-14-32-20)24(31)22-5-3-15-33-22/h3,5-9,15,20H,2,4,10-14,16-17H2,1H3. The zero-order chi connectivity index (χ0) is 23.5. The van der Waals surface area contributed by atoms with E-state index in [0.717, 1.165) is 50.1 Å². The lowest BCUT2D eigenvalue weighted by Crippen LogP contribution is -2.45. The maximum absolute atomic E-state index is 13.6. The van der Waals surface area contributed by atoms with Crippen LogP contribution >= 0.6 is 0 Å². The zero-order valence-electron chi connectivity index (χ0n) is 19.3. The summed E-state index contributed by atoms with van der Waals surface area (Å²) in [5, 5.41) is 4.37. The van der Waals surface area contributed by atoms with Crippen molar-refractivity contribution in [3.63, 3.8) is 0 Å². The molecule has 2 fully saturated rings. The molecular formula is C25H29FN4O4. The van der Waals surface area contributed by atoms with E-state index in [1.54, 1.807) is 29.2 Å². The Morgan fingerprint density at radius 3 is 2.65 bits per heavy atom. The number of benzene rings is 1. The van der Waals surface area contributed by atoms with E-state index in [1.165, 1.54) is 18.4 Å². The minimum absolute atomic E-state index is 0.0277. The summed E-state index contributed by atoms with van der Waals surface area (Å²) in [5.74, 6) is 0.396. The van der Waals surface area contributed by atoms with Gasteiger partial charge in [-0.2, -0.15) is 0 Å². The van der Waals surface area contributed by atoms with Gasteiger partial charge in [0.25, 0.3) is 5.91 Å². The Morgan fingerprint density at radius 2 is 1.97 bits per heavy atom. The van der Waals surface area contributed by atoms with Crippen molar-refractivity contribution in [2.45, 2.75) is 25.5 Å². The maximum Gasteiger partial charge on any atom is 0.289 e. The van der Waals surface area contributed by atoms with E-state index in [9.17, 15) is 9.18 Å². The number of amides is 1. The number of piperazine rings is 1. The van der Waals surface area contributed by atoms with E-state index < -0.39 is 0 Å². The molecule has 8 nitrogen and oxygen atoms in total.